The van der Waals surface area contributed by atoms with Crippen LogP contribution in [0.2, 0.25) is 0 Å². The molecule has 0 amide bonds. The van der Waals surface area contributed by atoms with Crippen LogP contribution in [0.4, 0.5) is 5.88 Å². The monoisotopic (exact) mass is 248 g/mol. The summed E-state index contributed by atoms with van der Waals surface area (Å²) in [7, 11) is 1.62. The minimum absolute atomic E-state index is 0.219. The van der Waals surface area contributed by atoms with Crippen LogP contribution in [-0.2, 0) is 11.3 Å². The maximum absolute atomic E-state index is 5.54. The fraction of sp³-hybridized carbons (Fsp3) is 0.250. The number of hydrogen-bond acceptors (Lipinski definition) is 6. The molecule has 2 aromatic rings. The van der Waals surface area contributed by atoms with Crippen LogP contribution in [0, 0.1) is 0 Å². The molecular weight excluding hydrogens is 236 g/mol. The number of nitrogens with two attached hydrogens (primary N) is 1. The Morgan fingerprint density at radius 3 is 3.00 bits per heavy atom. The second kappa shape index (κ2) is 4.23. The van der Waals surface area contributed by atoms with Crippen molar-refractivity contribution >= 4 is 5.88 Å². The van der Waals surface area contributed by atoms with Crippen LogP contribution in [0.15, 0.2) is 22.7 Å². The van der Waals surface area contributed by atoms with Gasteiger partial charge in [0.15, 0.2) is 11.5 Å². The fourth-order valence-corrected chi connectivity index (χ4v) is 1.97. The predicted molar refractivity (Wildman–Crippen MR) is 63.2 cm³/mol. The molecule has 0 fully saturated rings. The highest BCUT2D eigenvalue weighted by molar-refractivity contribution is 5.71. The van der Waals surface area contributed by atoms with Crippen LogP contribution in [0.25, 0.3) is 11.3 Å². The average molecular weight is 248 g/mol. The van der Waals surface area contributed by atoms with E-state index in [1.165, 1.54) is 0 Å². The zero-order chi connectivity index (χ0) is 12.5. The van der Waals surface area contributed by atoms with Crippen LogP contribution in [0.1, 0.15) is 5.56 Å². The van der Waals surface area contributed by atoms with Gasteiger partial charge in [0.05, 0.1) is 6.61 Å². The van der Waals surface area contributed by atoms with E-state index in [0.29, 0.717) is 23.8 Å². The minimum atomic E-state index is 0.219. The maximum atomic E-state index is 5.54. The van der Waals surface area contributed by atoms with Crippen molar-refractivity contribution in [3.05, 3.63) is 23.8 Å². The van der Waals surface area contributed by atoms with Gasteiger partial charge in [0.1, 0.15) is 5.69 Å². The molecule has 2 heterocycles. The first-order valence-corrected chi connectivity index (χ1v) is 5.42. The Morgan fingerprint density at radius 2 is 2.28 bits per heavy atom. The molecule has 0 saturated carbocycles. The summed E-state index contributed by atoms with van der Waals surface area (Å²) in [4.78, 5) is 0. The molecule has 2 N–H and O–H groups in total. The molecule has 1 aliphatic heterocycles. The molecule has 3 rings (SSSR count). The van der Waals surface area contributed by atoms with Gasteiger partial charge in [-0.2, -0.15) is 0 Å². The van der Waals surface area contributed by atoms with Crippen molar-refractivity contribution in [2.45, 2.75) is 6.61 Å². The van der Waals surface area contributed by atoms with Crippen LogP contribution in [0.3, 0.4) is 0 Å². The average Bonchev–Trinajstić information content (AvgIpc) is 2.98. The van der Waals surface area contributed by atoms with Gasteiger partial charge in [0, 0.05) is 24.3 Å². The normalized spacial score (nSPS) is 12.9. The number of anilines is 1. The quantitative estimate of drug-likeness (QED) is 0.892. The van der Waals surface area contributed by atoms with Gasteiger partial charge < -0.3 is 24.5 Å². The molecule has 0 bridgehead atoms. The Kier molecular flexibility index (Phi) is 2.56. The van der Waals surface area contributed by atoms with Crippen LogP contribution < -0.4 is 15.2 Å². The highest BCUT2D eigenvalue weighted by Gasteiger charge is 2.22. The third-order valence-electron chi connectivity index (χ3n) is 2.74. The van der Waals surface area contributed by atoms with E-state index >= 15 is 0 Å². The van der Waals surface area contributed by atoms with Crippen molar-refractivity contribution in [2.75, 3.05) is 19.6 Å². The molecule has 0 aliphatic carbocycles. The third-order valence-corrected chi connectivity index (χ3v) is 2.74. The Morgan fingerprint density at radius 1 is 1.39 bits per heavy atom. The Labute approximate surface area is 103 Å². The highest BCUT2D eigenvalue weighted by atomic mass is 16.7. The number of ether oxygens (including phenoxy) is 3. The molecule has 0 atom stereocenters. The molecule has 6 heteroatoms. The molecular formula is C12H12N2O4. The van der Waals surface area contributed by atoms with Gasteiger partial charge in [-0.15, -0.1) is 0 Å². The first kappa shape index (κ1) is 10.9. The highest BCUT2D eigenvalue weighted by Crippen LogP contribution is 2.41. The van der Waals surface area contributed by atoms with E-state index < -0.39 is 0 Å². The zero-order valence-electron chi connectivity index (χ0n) is 9.80. The van der Waals surface area contributed by atoms with Gasteiger partial charge in [-0.05, 0) is 12.1 Å². The number of aromatic nitrogens is 1. The lowest BCUT2D eigenvalue weighted by Crippen LogP contribution is -1.97. The van der Waals surface area contributed by atoms with Crippen molar-refractivity contribution < 1.29 is 18.7 Å². The van der Waals surface area contributed by atoms with Crippen LogP contribution in [0.5, 0.6) is 11.5 Å². The lowest BCUT2D eigenvalue weighted by molar-refractivity contribution is 0.163. The summed E-state index contributed by atoms with van der Waals surface area (Å²) in [5.41, 5.74) is 7.93. The SMILES string of the molecule is COCc1c(-c2cc(N)on2)ccc2c1OCO2. The molecule has 0 saturated heterocycles. The number of fused-ring (bicyclic) bond motifs is 1. The topological polar surface area (TPSA) is 79.7 Å². The lowest BCUT2D eigenvalue weighted by atomic mass is 10.0. The predicted octanol–water partition coefficient (Wildman–Crippen LogP) is 1.80. The first-order chi connectivity index (χ1) is 8.79. The summed E-state index contributed by atoms with van der Waals surface area (Å²) in [5, 5.41) is 3.90. The van der Waals surface area contributed by atoms with Crippen LogP contribution >= 0.6 is 0 Å². The molecule has 94 valence electrons. The van der Waals surface area contributed by atoms with E-state index in [2.05, 4.69) is 5.16 Å². The van der Waals surface area contributed by atoms with Gasteiger partial charge in [-0.3, -0.25) is 0 Å². The molecule has 18 heavy (non-hydrogen) atoms. The zero-order valence-corrected chi connectivity index (χ0v) is 9.80. The fourth-order valence-electron chi connectivity index (χ4n) is 1.97. The van der Waals surface area contributed by atoms with Gasteiger partial charge in [-0.1, -0.05) is 5.16 Å². The lowest BCUT2D eigenvalue weighted by Gasteiger charge is -2.09. The third kappa shape index (κ3) is 1.67. The van der Waals surface area contributed by atoms with Gasteiger partial charge in [-0.25, -0.2) is 0 Å². The standard InChI is InChI=1S/C12H12N2O4/c1-15-5-8-7(9-4-11(13)18-14-9)2-3-10-12(8)17-6-16-10/h2-4H,5-6,13H2,1H3. The number of rotatable bonds is 3. The molecule has 1 aromatic heterocycles. The smallest absolute Gasteiger partial charge is 0.231 e. The second-order valence-electron chi connectivity index (χ2n) is 3.87. The Hall–Kier alpha value is -2.21. The number of nitrogen functional groups attached to an aromatic ring is 1. The largest absolute Gasteiger partial charge is 0.454 e. The minimum Gasteiger partial charge on any atom is -0.454 e. The Bertz CT molecular complexity index is 579. The van der Waals surface area contributed by atoms with E-state index in [4.69, 9.17) is 24.5 Å². The van der Waals surface area contributed by atoms with Gasteiger partial charge in [0.2, 0.25) is 12.7 Å². The summed E-state index contributed by atoms with van der Waals surface area (Å²) in [6, 6.07) is 5.39. The van der Waals surface area contributed by atoms with Crippen molar-refractivity contribution in [1.29, 1.82) is 0 Å². The van der Waals surface area contributed by atoms with Crippen LogP contribution in [-0.4, -0.2) is 19.1 Å². The molecule has 0 spiro atoms. The molecule has 1 aromatic carbocycles. The Balaban J connectivity index is 2.14. The molecule has 6 nitrogen and oxygen atoms in total. The number of benzene rings is 1. The van der Waals surface area contributed by atoms with Crippen molar-refractivity contribution in [3.8, 4) is 22.8 Å². The summed E-state index contributed by atoms with van der Waals surface area (Å²) in [6.45, 7) is 0.616. The van der Waals surface area contributed by atoms with Crippen molar-refractivity contribution in [2.24, 2.45) is 0 Å². The number of hydrogen-bond donors (Lipinski definition) is 1. The summed E-state index contributed by atoms with van der Waals surface area (Å²) < 4.78 is 20.9. The number of nitrogens with zero attached hydrogens (tertiary/aromatic N) is 1. The van der Waals surface area contributed by atoms with Crippen molar-refractivity contribution in [3.63, 3.8) is 0 Å². The maximum Gasteiger partial charge on any atom is 0.231 e. The molecule has 0 unspecified atom stereocenters. The van der Waals surface area contributed by atoms with E-state index in [1.54, 1.807) is 13.2 Å². The molecule has 1 aliphatic rings. The van der Waals surface area contributed by atoms with Crippen molar-refractivity contribution in [1.82, 2.24) is 5.16 Å². The van der Waals surface area contributed by atoms with Gasteiger partial charge in [0.25, 0.3) is 0 Å². The summed E-state index contributed by atoms with van der Waals surface area (Å²) in [6.07, 6.45) is 0. The van der Waals surface area contributed by atoms with E-state index in [0.717, 1.165) is 11.1 Å². The molecule has 0 radical (unpaired) electrons. The van der Waals surface area contributed by atoms with E-state index in [9.17, 15) is 0 Å². The van der Waals surface area contributed by atoms with E-state index in [-0.39, 0.29) is 12.7 Å². The first-order valence-electron chi connectivity index (χ1n) is 5.42. The summed E-state index contributed by atoms with van der Waals surface area (Å²) in [5.74, 6) is 1.67. The number of methoxy groups -OCH3 is 1. The summed E-state index contributed by atoms with van der Waals surface area (Å²) >= 11 is 0. The van der Waals surface area contributed by atoms with E-state index in [1.807, 2.05) is 12.1 Å². The second-order valence-corrected chi connectivity index (χ2v) is 3.87. The van der Waals surface area contributed by atoms with Gasteiger partial charge >= 0.3 is 0 Å².